The molecule has 2 N–H and O–H groups in total. The van der Waals surface area contributed by atoms with Gasteiger partial charge >= 0.3 is 0 Å². The van der Waals surface area contributed by atoms with Gasteiger partial charge in [0, 0.05) is 29.9 Å². The first-order valence-corrected chi connectivity index (χ1v) is 10.1. The van der Waals surface area contributed by atoms with Crippen molar-refractivity contribution in [2.75, 3.05) is 36.6 Å². The van der Waals surface area contributed by atoms with Gasteiger partial charge in [-0.05, 0) is 43.4 Å². The van der Waals surface area contributed by atoms with Crippen molar-refractivity contribution < 1.29 is 14.3 Å². The van der Waals surface area contributed by atoms with Crippen LogP contribution < -0.4 is 10.6 Å². The Hall–Kier alpha value is -1.05. The molecule has 24 heavy (non-hydrogen) atoms. The maximum absolute atomic E-state index is 11.8. The van der Waals surface area contributed by atoms with Gasteiger partial charge in [-0.25, -0.2) is 0 Å². The standard InChI is InChI=1S/C17H23BrN2O3S/c18-14-3-1-4-15(9-14)20-17(22)12-24-11-16(21)19-7-2-8-23-10-13-5-6-13/h1,3-4,9,13H,2,5-8,10-12H2,(H,19,21)(H,20,22). The zero-order chi connectivity index (χ0) is 17.2. The molecule has 0 atom stereocenters. The molecule has 0 aromatic heterocycles. The molecule has 1 aliphatic carbocycles. The normalized spacial score (nSPS) is 13.5. The van der Waals surface area contributed by atoms with Crippen LogP contribution in [-0.4, -0.2) is 43.1 Å². The van der Waals surface area contributed by atoms with Gasteiger partial charge in [-0.3, -0.25) is 9.59 Å². The molecule has 0 unspecified atom stereocenters. The number of carbonyl (C=O) groups is 2. The molecule has 1 fully saturated rings. The lowest BCUT2D eigenvalue weighted by Gasteiger charge is -2.07. The van der Waals surface area contributed by atoms with E-state index in [1.54, 1.807) is 0 Å². The van der Waals surface area contributed by atoms with Crippen molar-refractivity contribution in [3.63, 3.8) is 0 Å². The summed E-state index contributed by atoms with van der Waals surface area (Å²) < 4.78 is 6.41. The van der Waals surface area contributed by atoms with E-state index in [1.807, 2.05) is 24.3 Å². The molecule has 7 heteroatoms. The van der Waals surface area contributed by atoms with Gasteiger partial charge in [-0.15, -0.1) is 11.8 Å². The number of nitrogens with one attached hydrogen (secondary N) is 2. The minimum atomic E-state index is -0.112. The molecule has 1 saturated carbocycles. The SMILES string of the molecule is O=C(CSCC(=O)Nc1cccc(Br)c1)NCCCOCC1CC1. The van der Waals surface area contributed by atoms with E-state index in [0.29, 0.717) is 13.2 Å². The Morgan fingerprint density at radius 3 is 2.79 bits per heavy atom. The average Bonchev–Trinajstić information content (AvgIpc) is 3.35. The van der Waals surface area contributed by atoms with E-state index < -0.39 is 0 Å². The van der Waals surface area contributed by atoms with E-state index in [0.717, 1.165) is 29.1 Å². The Morgan fingerprint density at radius 1 is 1.25 bits per heavy atom. The van der Waals surface area contributed by atoms with Crippen molar-refractivity contribution in [1.82, 2.24) is 5.32 Å². The summed E-state index contributed by atoms with van der Waals surface area (Å²) >= 11 is 4.66. The molecule has 2 rings (SSSR count). The van der Waals surface area contributed by atoms with Crippen LogP contribution in [0, 0.1) is 5.92 Å². The summed E-state index contributed by atoms with van der Waals surface area (Å²) in [7, 11) is 0. The van der Waals surface area contributed by atoms with Crippen LogP contribution in [0.2, 0.25) is 0 Å². The Balaban J connectivity index is 1.46. The predicted octanol–water partition coefficient (Wildman–Crippen LogP) is 3.05. The summed E-state index contributed by atoms with van der Waals surface area (Å²) in [6.07, 6.45) is 3.42. The van der Waals surface area contributed by atoms with Gasteiger partial charge in [0.15, 0.2) is 0 Å². The zero-order valence-electron chi connectivity index (χ0n) is 13.6. The second-order valence-corrected chi connectivity index (χ2v) is 7.67. The third-order valence-electron chi connectivity index (χ3n) is 3.41. The Kier molecular flexibility index (Phi) is 8.63. The highest BCUT2D eigenvalue weighted by Crippen LogP contribution is 2.28. The number of halogens is 1. The number of thioether (sulfide) groups is 1. The molecule has 2 amide bonds. The molecule has 1 aromatic rings. The highest BCUT2D eigenvalue weighted by atomic mass is 79.9. The number of amides is 2. The molecule has 132 valence electrons. The highest BCUT2D eigenvalue weighted by molar-refractivity contribution is 9.10. The number of ether oxygens (including phenoxy) is 1. The van der Waals surface area contributed by atoms with Gasteiger partial charge in [-0.2, -0.15) is 0 Å². The average molecular weight is 415 g/mol. The second kappa shape index (κ2) is 10.7. The Morgan fingerprint density at radius 2 is 2.04 bits per heavy atom. The van der Waals surface area contributed by atoms with E-state index in [4.69, 9.17) is 4.74 Å². The van der Waals surface area contributed by atoms with Crippen molar-refractivity contribution in [2.45, 2.75) is 19.3 Å². The lowest BCUT2D eigenvalue weighted by atomic mass is 10.3. The van der Waals surface area contributed by atoms with Crippen LogP contribution in [0.3, 0.4) is 0 Å². The van der Waals surface area contributed by atoms with Crippen molar-refractivity contribution in [2.24, 2.45) is 5.92 Å². The first kappa shape index (κ1) is 19.3. The number of benzene rings is 1. The molecule has 0 saturated heterocycles. The number of hydrogen-bond acceptors (Lipinski definition) is 4. The van der Waals surface area contributed by atoms with E-state index in [2.05, 4.69) is 26.6 Å². The summed E-state index contributed by atoms with van der Waals surface area (Å²) in [4.78, 5) is 23.5. The van der Waals surface area contributed by atoms with E-state index in [9.17, 15) is 9.59 Å². The fourth-order valence-electron chi connectivity index (χ4n) is 1.99. The smallest absolute Gasteiger partial charge is 0.234 e. The van der Waals surface area contributed by atoms with Crippen LogP contribution in [0.25, 0.3) is 0 Å². The van der Waals surface area contributed by atoms with Gasteiger partial charge in [0.1, 0.15) is 0 Å². The summed E-state index contributed by atoms with van der Waals surface area (Å²) in [5.74, 6) is 1.16. The van der Waals surface area contributed by atoms with E-state index in [1.165, 1.54) is 24.6 Å². The molecule has 1 aromatic carbocycles. The summed E-state index contributed by atoms with van der Waals surface area (Å²) in [5.41, 5.74) is 0.741. The quantitative estimate of drug-likeness (QED) is 0.546. The molecule has 1 aliphatic rings. The van der Waals surface area contributed by atoms with Crippen molar-refractivity contribution in [1.29, 1.82) is 0 Å². The zero-order valence-corrected chi connectivity index (χ0v) is 16.0. The van der Waals surface area contributed by atoms with E-state index >= 15 is 0 Å². The van der Waals surface area contributed by atoms with Crippen molar-refractivity contribution >= 4 is 45.2 Å². The monoisotopic (exact) mass is 414 g/mol. The molecule has 0 radical (unpaired) electrons. The fraction of sp³-hybridized carbons (Fsp3) is 0.529. The lowest BCUT2D eigenvalue weighted by molar-refractivity contribution is -0.118. The van der Waals surface area contributed by atoms with Gasteiger partial charge in [0.25, 0.3) is 0 Å². The third kappa shape index (κ3) is 8.70. The summed E-state index contributed by atoms with van der Waals surface area (Å²) in [6, 6.07) is 7.41. The molecule has 5 nitrogen and oxygen atoms in total. The number of rotatable bonds is 11. The Bertz CT molecular complexity index is 552. The van der Waals surface area contributed by atoms with Crippen LogP contribution in [0.4, 0.5) is 5.69 Å². The molecule has 0 heterocycles. The number of hydrogen-bond donors (Lipinski definition) is 2. The maximum Gasteiger partial charge on any atom is 0.234 e. The Labute approximate surface area is 155 Å². The fourth-order valence-corrected chi connectivity index (χ4v) is 3.03. The minimum Gasteiger partial charge on any atom is -0.381 e. The van der Waals surface area contributed by atoms with Crippen molar-refractivity contribution in [3.05, 3.63) is 28.7 Å². The van der Waals surface area contributed by atoms with E-state index in [-0.39, 0.29) is 23.3 Å². The minimum absolute atomic E-state index is 0.0440. The van der Waals surface area contributed by atoms with Crippen LogP contribution in [-0.2, 0) is 14.3 Å². The van der Waals surface area contributed by atoms with Crippen LogP contribution in [0.15, 0.2) is 28.7 Å². The van der Waals surface area contributed by atoms with Crippen LogP contribution in [0.5, 0.6) is 0 Å². The first-order valence-electron chi connectivity index (χ1n) is 8.11. The van der Waals surface area contributed by atoms with Crippen LogP contribution >= 0.6 is 27.7 Å². The molecule has 0 aliphatic heterocycles. The molecule has 0 bridgehead atoms. The highest BCUT2D eigenvalue weighted by Gasteiger charge is 2.20. The summed E-state index contributed by atoms with van der Waals surface area (Å²) in [5, 5.41) is 5.64. The summed E-state index contributed by atoms with van der Waals surface area (Å²) in [6.45, 7) is 2.17. The van der Waals surface area contributed by atoms with Gasteiger partial charge in [-0.1, -0.05) is 22.0 Å². The molecular weight excluding hydrogens is 392 g/mol. The predicted molar refractivity (Wildman–Crippen MR) is 101 cm³/mol. The maximum atomic E-state index is 11.8. The van der Waals surface area contributed by atoms with Crippen LogP contribution in [0.1, 0.15) is 19.3 Å². The number of anilines is 1. The van der Waals surface area contributed by atoms with Crippen molar-refractivity contribution in [3.8, 4) is 0 Å². The largest absolute Gasteiger partial charge is 0.381 e. The second-order valence-electron chi connectivity index (χ2n) is 5.77. The lowest BCUT2D eigenvalue weighted by Crippen LogP contribution is -2.27. The number of carbonyl (C=O) groups excluding carboxylic acids is 2. The van der Waals surface area contributed by atoms with Gasteiger partial charge < -0.3 is 15.4 Å². The van der Waals surface area contributed by atoms with Gasteiger partial charge in [0.05, 0.1) is 11.5 Å². The molecular formula is C17H23BrN2O3S. The topological polar surface area (TPSA) is 67.4 Å². The third-order valence-corrected chi connectivity index (χ3v) is 4.84. The first-order chi connectivity index (χ1) is 11.6. The molecule has 0 spiro atoms. The van der Waals surface area contributed by atoms with Gasteiger partial charge in [0.2, 0.25) is 11.8 Å².